The van der Waals surface area contributed by atoms with Gasteiger partial charge in [-0.15, -0.1) is 0 Å². The van der Waals surface area contributed by atoms with Crippen molar-refractivity contribution in [2.45, 2.75) is 65.6 Å². The van der Waals surface area contributed by atoms with E-state index in [1.807, 2.05) is 0 Å². The summed E-state index contributed by atoms with van der Waals surface area (Å²) in [4.78, 5) is 4.16. The van der Waals surface area contributed by atoms with E-state index in [-0.39, 0.29) is 11.9 Å². The third-order valence-corrected chi connectivity index (χ3v) is 4.42. The second-order valence-corrected chi connectivity index (χ2v) is 6.66. The van der Waals surface area contributed by atoms with Gasteiger partial charge in [0.25, 0.3) is 0 Å². The maximum absolute atomic E-state index is 13.4. The van der Waals surface area contributed by atoms with Crippen molar-refractivity contribution in [3.8, 4) is 5.88 Å². The van der Waals surface area contributed by atoms with Crippen molar-refractivity contribution in [3.05, 3.63) is 23.6 Å². The standard InChI is InChI=1S/C17H27FN2O/c1-11(2)19-9-14-8-15(18)10-20-17(14)21-16-6-5-12(3)13(4)7-16/h8,10-13,16,19H,5-7,9H2,1-4H3. The van der Waals surface area contributed by atoms with E-state index in [1.54, 1.807) is 0 Å². The van der Waals surface area contributed by atoms with Gasteiger partial charge in [0.15, 0.2) is 0 Å². The molecule has 0 spiro atoms. The molecular weight excluding hydrogens is 267 g/mol. The minimum atomic E-state index is -0.312. The maximum Gasteiger partial charge on any atom is 0.218 e. The predicted molar refractivity (Wildman–Crippen MR) is 82.8 cm³/mol. The molecular formula is C17H27FN2O. The molecule has 2 rings (SSSR count). The smallest absolute Gasteiger partial charge is 0.218 e. The molecule has 1 heterocycles. The fourth-order valence-electron chi connectivity index (χ4n) is 2.78. The lowest BCUT2D eigenvalue weighted by atomic mass is 9.80. The topological polar surface area (TPSA) is 34.2 Å². The van der Waals surface area contributed by atoms with Gasteiger partial charge in [-0.25, -0.2) is 9.37 Å². The Kier molecular flexibility index (Phi) is 5.57. The summed E-state index contributed by atoms with van der Waals surface area (Å²) in [6.07, 6.45) is 4.74. The quantitative estimate of drug-likeness (QED) is 0.893. The molecule has 4 heteroatoms. The van der Waals surface area contributed by atoms with Crippen molar-refractivity contribution in [2.75, 3.05) is 0 Å². The summed E-state index contributed by atoms with van der Waals surface area (Å²) in [5, 5.41) is 3.30. The molecule has 1 saturated carbocycles. The van der Waals surface area contributed by atoms with Crippen LogP contribution in [0.3, 0.4) is 0 Å². The van der Waals surface area contributed by atoms with E-state index < -0.39 is 0 Å². The van der Waals surface area contributed by atoms with Crippen molar-refractivity contribution < 1.29 is 9.13 Å². The number of nitrogens with zero attached hydrogens (tertiary/aromatic N) is 1. The second-order valence-electron chi connectivity index (χ2n) is 6.66. The van der Waals surface area contributed by atoms with Gasteiger partial charge in [-0.1, -0.05) is 27.7 Å². The Morgan fingerprint density at radius 3 is 2.76 bits per heavy atom. The molecule has 0 saturated heterocycles. The van der Waals surface area contributed by atoms with Crippen molar-refractivity contribution >= 4 is 0 Å². The molecule has 1 aromatic rings. The van der Waals surface area contributed by atoms with Crippen molar-refractivity contribution in [2.24, 2.45) is 11.8 Å². The van der Waals surface area contributed by atoms with Crippen LogP contribution in [0.25, 0.3) is 0 Å². The molecule has 3 nitrogen and oxygen atoms in total. The lowest BCUT2D eigenvalue weighted by Crippen LogP contribution is -2.30. The van der Waals surface area contributed by atoms with Crippen LogP contribution in [0.1, 0.15) is 52.5 Å². The fraction of sp³-hybridized carbons (Fsp3) is 0.706. The van der Waals surface area contributed by atoms with Crippen LogP contribution in [-0.4, -0.2) is 17.1 Å². The number of pyridine rings is 1. The number of hydrogen-bond acceptors (Lipinski definition) is 3. The molecule has 0 aliphatic heterocycles. The fourth-order valence-corrected chi connectivity index (χ4v) is 2.78. The highest BCUT2D eigenvalue weighted by Gasteiger charge is 2.26. The van der Waals surface area contributed by atoms with E-state index in [4.69, 9.17) is 4.74 Å². The van der Waals surface area contributed by atoms with Crippen LogP contribution in [0.15, 0.2) is 12.3 Å². The maximum atomic E-state index is 13.4. The van der Waals surface area contributed by atoms with Gasteiger partial charge in [0.05, 0.1) is 6.20 Å². The van der Waals surface area contributed by atoms with E-state index >= 15 is 0 Å². The zero-order valence-electron chi connectivity index (χ0n) is 13.5. The van der Waals surface area contributed by atoms with Gasteiger partial charge in [-0.3, -0.25) is 0 Å². The number of aromatic nitrogens is 1. The van der Waals surface area contributed by atoms with Gasteiger partial charge in [-0.2, -0.15) is 0 Å². The number of ether oxygens (including phenoxy) is 1. The Morgan fingerprint density at radius 2 is 2.10 bits per heavy atom. The van der Waals surface area contributed by atoms with Crippen LogP contribution in [-0.2, 0) is 6.54 Å². The second kappa shape index (κ2) is 7.21. The molecule has 0 aromatic carbocycles. The van der Waals surface area contributed by atoms with Crippen molar-refractivity contribution in [3.63, 3.8) is 0 Å². The van der Waals surface area contributed by atoms with Gasteiger partial charge in [0.2, 0.25) is 5.88 Å². The normalized spacial score (nSPS) is 26.1. The van der Waals surface area contributed by atoms with Crippen LogP contribution in [0, 0.1) is 17.7 Å². The van der Waals surface area contributed by atoms with Crippen LogP contribution < -0.4 is 10.1 Å². The lowest BCUT2D eigenvalue weighted by Gasteiger charge is -2.32. The Labute approximate surface area is 127 Å². The van der Waals surface area contributed by atoms with Crippen LogP contribution in [0.5, 0.6) is 5.88 Å². The first kappa shape index (κ1) is 16.2. The molecule has 0 radical (unpaired) electrons. The summed E-state index contributed by atoms with van der Waals surface area (Å²) in [6, 6.07) is 1.86. The largest absolute Gasteiger partial charge is 0.474 e. The molecule has 3 atom stereocenters. The summed E-state index contributed by atoms with van der Waals surface area (Å²) in [5.74, 6) is 1.69. The Balaban J connectivity index is 2.04. The van der Waals surface area contributed by atoms with E-state index in [0.717, 1.165) is 24.3 Å². The minimum Gasteiger partial charge on any atom is -0.474 e. The summed E-state index contributed by atoms with van der Waals surface area (Å²) in [5.41, 5.74) is 0.801. The summed E-state index contributed by atoms with van der Waals surface area (Å²) >= 11 is 0. The molecule has 3 unspecified atom stereocenters. The molecule has 1 aliphatic rings. The molecule has 0 amide bonds. The number of hydrogen-bond donors (Lipinski definition) is 1. The molecule has 1 aromatic heterocycles. The summed E-state index contributed by atoms with van der Waals surface area (Å²) in [6.45, 7) is 9.29. The Bertz CT molecular complexity index is 464. The number of nitrogens with one attached hydrogen (secondary N) is 1. The van der Waals surface area contributed by atoms with E-state index in [9.17, 15) is 4.39 Å². The molecule has 118 valence electrons. The first-order valence-corrected chi connectivity index (χ1v) is 8.00. The van der Waals surface area contributed by atoms with Crippen molar-refractivity contribution in [1.29, 1.82) is 0 Å². The van der Waals surface area contributed by atoms with Crippen LogP contribution in [0.2, 0.25) is 0 Å². The third kappa shape index (κ3) is 4.67. The van der Waals surface area contributed by atoms with E-state index in [2.05, 4.69) is 38.0 Å². The summed E-state index contributed by atoms with van der Waals surface area (Å²) < 4.78 is 19.5. The molecule has 21 heavy (non-hydrogen) atoms. The first-order chi connectivity index (χ1) is 9.95. The first-order valence-electron chi connectivity index (χ1n) is 8.00. The predicted octanol–water partition coefficient (Wildman–Crippen LogP) is 3.92. The monoisotopic (exact) mass is 294 g/mol. The molecule has 0 bridgehead atoms. The van der Waals surface area contributed by atoms with Crippen LogP contribution >= 0.6 is 0 Å². The van der Waals surface area contributed by atoms with Gasteiger partial charge in [-0.05, 0) is 37.2 Å². The molecule has 1 aliphatic carbocycles. The van der Waals surface area contributed by atoms with Gasteiger partial charge in [0, 0.05) is 18.2 Å². The Hall–Kier alpha value is -1.16. The van der Waals surface area contributed by atoms with E-state index in [0.29, 0.717) is 24.4 Å². The highest BCUT2D eigenvalue weighted by atomic mass is 19.1. The number of rotatable bonds is 5. The highest BCUT2D eigenvalue weighted by Crippen LogP contribution is 2.32. The molecule has 1 fully saturated rings. The van der Waals surface area contributed by atoms with Crippen molar-refractivity contribution in [1.82, 2.24) is 10.3 Å². The average molecular weight is 294 g/mol. The van der Waals surface area contributed by atoms with Gasteiger partial charge in [0.1, 0.15) is 11.9 Å². The third-order valence-electron chi connectivity index (χ3n) is 4.42. The zero-order valence-corrected chi connectivity index (χ0v) is 13.5. The minimum absolute atomic E-state index is 0.201. The van der Waals surface area contributed by atoms with Gasteiger partial charge < -0.3 is 10.1 Å². The number of halogens is 1. The zero-order chi connectivity index (χ0) is 15.4. The molecule has 1 N–H and O–H groups in total. The summed E-state index contributed by atoms with van der Waals surface area (Å²) in [7, 11) is 0. The van der Waals surface area contributed by atoms with Gasteiger partial charge >= 0.3 is 0 Å². The lowest BCUT2D eigenvalue weighted by molar-refractivity contribution is 0.0951. The van der Waals surface area contributed by atoms with E-state index in [1.165, 1.54) is 18.7 Å². The average Bonchev–Trinajstić information content (AvgIpc) is 2.43. The Morgan fingerprint density at radius 1 is 1.33 bits per heavy atom. The van der Waals surface area contributed by atoms with Crippen LogP contribution in [0.4, 0.5) is 4.39 Å². The highest BCUT2D eigenvalue weighted by molar-refractivity contribution is 5.26. The SMILES string of the molecule is CC(C)NCc1cc(F)cnc1OC1CCC(C)C(C)C1.